The summed E-state index contributed by atoms with van der Waals surface area (Å²) < 4.78 is 16.6. The molecule has 0 bridgehead atoms. The van der Waals surface area contributed by atoms with Gasteiger partial charge in [-0.2, -0.15) is 5.26 Å². The highest BCUT2D eigenvalue weighted by Gasteiger charge is 2.36. The van der Waals surface area contributed by atoms with Gasteiger partial charge < -0.3 is 24.4 Å². The minimum Gasteiger partial charge on any atom is -0.436 e. The maximum absolute atomic E-state index is 13.1. The van der Waals surface area contributed by atoms with Crippen LogP contribution in [0.3, 0.4) is 0 Å². The third-order valence-corrected chi connectivity index (χ3v) is 6.41. The van der Waals surface area contributed by atoms with Crippen molar-refractivity contribution < 1.29 is 23.8 Å². The first-order valence-corrected chi connectivity index (χ1v) is 11.8. The average molecular weight is 458 g/mol. The fourth-order valence-corrected chi connectivity index (χ4v) is 4.43. The van der Waals surface area contributed by atoms with Gasteiger partial charge in [0, 0.05) is 13.1 Å². The SMILES string of the molecule is CC1(CC(OC(=O)N2CCOCC2)C(=O)NC(C#N)COCc2ccccc2)CCCCC1. The molecule has 33 heavy (non-hydrogen) atoms. The average Bonchev–Trinajstić information content (AvgIpc) is 2.84. The molecule has 2 aliphatic rings. The van der Waals surface area contributed by atoms with Crippen LogP contribution in [0.4, 0.5) is 4.79 Å². The number of hydrogen-bond donors (Lipinski definition) is 1. The van der Waals surface area contributed by atoms with Crippen LogP contribution in [0, 0.1) is 16.7 Å². The third kappa shape index (κ3) is 8.02. The number of ether oxygens (including phenoxy) is 3. The lowest BCUT2D eigenvalue weighted by molar-refractivity contribution is -0.133. The van der Waals surface area contributed by atoms with Crippen LogP contribution >= 0.6 is 0 Å². The van der Waals surface area contributed by atoms with Crippen molar-refractivity contribution in [3.63, 3.8) is 0 Å². The maximum Gasteiger partial charge on any atom is 0.410 e. The van der Waals surface area contributed by atoms with Crippen molar-refractivity contribution in [1.29, 1.82) is 5.26 Å². The van der Waals surface area contributed by atoms with Crippen molar-refractivity contribution >= 4 is 12.0 Å². The number of nitrogens with zero attached hydrogens (tertiary/aromatic N) is 2. The first-order valence-electron chi connectivity index (χ1n) is 11.8. The molecule has 2 fully saturated rings. The van der Waals surface area contributed by atoms with E-state index in [1.54, 1.807) is 4.90 Å². The summed E-state index contributed by atoms with van der Waals surface area (Å²) in [4.78, 5) is 27.4. The third-order valence-electron chi connectivity index (χ3n) is 6.41. The predicted molar refractivity (Wildman–Crippen MR) is 122 cm³/mol. The Hall–Kier alpha value is -2.63. The first-order chi connectivity index (χ1) is 16.0. The van der Waals surface area contributed by atoms with Crippen LogP contribution in [0.2, 0.25) is 0 Å². The molecule has 0 aromatic heterocycles. The van der Waals surface area contributed by atoms with Gasteiger partial charge in [-0.3, -0.25) is 4.79 Å². The summed E-state index contributed by atoms with van der Waals surface area (Å²) in [5.74, 6) is -0.446. The molecule has 0 spiro atoms. The van der Waals surface area contributed by atoms with Crippen LogP contribution in [-0.2, 0) is 25.6 Å². The van der Waals surface area contributed by atoms with Crippen molar-refractivity contribution in [3.8, 4) is 6.07 Å². The van der Waals surface area contributed by atoms with E-state index in [0.29, 0.717) is 39.3 Å². The Kier molecular flexibility index (Phi) is 9.52. The van der Waals surface area contributed by atoms with Gasteiger partial charge >= 0.3 is 6.09 Å². The van der Waals surface area contributed by atoms with Gasteiger partial charge in [0.05, 0.1) is 32.5 Å². The molecule has 1 aliphatic carbocycles. The van der Waals surface area contributed by atoms with Crippen LogP contribution in [0.5, 0.6) is 0 Å². The molecule has 1 saturated heterocycles. The number of benzene rings is 1. The second-order valence-corrected chi connectivity index (χ2v) is 9.24. The fourth-order valence-electron chi connectivity index (χ4n) is 4.43. The second kappa shape index (κ2) is 12.6. The predicted octanol–water partition coefficient (Wildman–Crippen LogP) is 3.41. The number of nitriles is 1. The van der Waals surface area contributed by atoms with Gasteiger partial charge in [0.2, 0.25) is 0 Å². The van der Waals surface area contributed by atoms with E-state index in [0.717, 1.165) is 31.2 Å². The molecule has 1 aromatic carbocycles. The largest absolute Gasteiger partial charge is 0.436 e. The molecular formula is C25H35N3O5. The Labute approximate surface area is 196 Å². The molecule has 0 radical (unpaired) electrons. The zero-order valence-electron chi connectivity index (χ0n) is 19.5. The standard InChI is InChI=1S/C25H35N3O5/c1-25(10-6-3-7-11-25)16-22(33-24(30)28-12-14-31-15-13-28)23(29)27-21(17-26)19-32-18-20-8-4-2-5-9-20/h2,4-5,8-9,21-22H,3,6-7,10-16,18-19H2,1H3,(H,27,29). The summed E-state index contributed by atoms with van der Waals surface area (Å²) in [6, 6.07) is 10.9. The van der Waals surface area contributed by atoms with E-state index in [4.69, 9.17) is 14.2 Å². The number of amides is 2. The monoisotopic (exact) mass is 457 g/mol. The number of carbonyl (C=O) groups excluding carboxylic acids is 2. The van der Waals surface area contributed by atoms with Crippen molar-refractivity contribution in [2.75, 3.05) is 32.9 Å². The molecule has 2 atom stereocenters. The summed E-state index contributed by atoms with van der Waals surface area (Å²) in [6.07, 6.45) is 4.38. The van der Waals surface area contributed by atoms with Crippen molar-refractivity contribution in [2.24, 2.45) is 5.41 Å². The van der Waals surface area contributed by atoms with Gasteiger partial charge in [0.1, 0.15) is 6.04 Å². The van der Waals surface area contributed by atoms with Crippen LogP contribution in [0.1, 0.15) is 51.0 Å². The van der Waals surface area contributed by atoms with Crippen LogP contribution < -0.4 is 5.32 Å². The van der Waals surface area contributed by atoms with Gasteiger partial charge in [0.25, 0.3) is 5.91 Å². The Bertz CT molecular complexity index is 798. The fraction of sp³-hybridized carbons (Fsp3) is 0.640. The minimum atomic E-state index is -0.951. The molecular weight excluding hydrogens is 422 g/mol. The van der Waals surface area contributed by atoms with E-state index in [9.17, 15) is 14.9 Å². The lowest BCUT2D eigenvalue weighted by atomic mass is 9.72. The lowest BCUT2D eigenvalue weighted by Gasteiger charge is -2.36. The summed E-state index contributed by atoms with van der Waals surface area (Å²) in [7, 11) is 0. The Morgan fingerprint density at radius 1 is 1.18 bits per heavy atom. The van der Waals surface area contributed by atoms with Crippen molar-refractivity contribution in [3.05, 3.63) is 35.9 Å². The summed E-state index contributed by atoms with van der Waals surface area (Å²) in [5.41, 5.74) is 0.917. The highest BCUT2D eigenvalue weighted by Crippen LogP contribution is 2.40. The molecule has 2 amide bonds. The highest BCUT2D eigenvalue weighted by atomic mass is 16.6. The van der Waals surface area contributed by atoms with Gasteiger partial charge in [-0.05, 0) is 30.2 Å². The van der Waals surface area contributed by atoms with Gasteiger partial charge in [0.15, 0.2) is 6.10 Å². The number of hydrogen-bond acceptors (Lipinski definition) is 6. The van der Waals surface area contributed by atoms with Gasteiger partial charge in [-0.25, -0.2) is 4.79 Å². The number of rotatable bonds is 9. The Balaban J connectivity index is 1.59. The normalized spacial score (nSPS) is 19.7. The zero-order chi connectivity index (χ0) is 23.5. The topological polar surface area (TPSA) is 101 Å². The van der Waals surface area contributed by atoms with Crippen LogP contribution in [-0.4, -0.2) is 62.0 Å². The molecule has 1 saturated carbocycles. The van der Waals surface area contributed by atoms with Gasteiger partial charge in [-0.1, -0.05) is 56.5 Å². The quantitative estimate of drug-likeness (QED) is 0.610. The van der Waals surface area contributed by atoms with Crippen LogP contribution in [0.15, 0.2) is 30.3 Å². The molecule has 8 heteroatoms. The zero-order valence-corrected chi connectivity index (χ0v) is 19.5. The van der Waals surface area contributed by atoms with E-state index < -0.39 is 24.1 Å². The number of nitrogens with one attached hydrogen (secondary N) is 1. The summed E-state index contributed by atoms with van der Waals surface area (Å²) in [5, 5.41) is 12.3. The number of morpholine rings is 1. The van der Waals surface area contributed by atoms with E-state index >= 15 is 0 Å². The molecule has 1 aromatic rings. The van der Waals surface area contributed by atoms with Crippen LogP contribution in [0.25, 0.3) is 0 Å². The summed E-state index contributed by atoms with van der Waals surface area (Å²) >= 11 is 0. The van der Waals surface area contributed by atoms with Crippen molar-refractivity contribution in [1.82, 2.24) is 10.2 Å². The molecule has 3 rings (SSSR count). The molecule has 1 aliphatic heterocycles. The van der Waals surface area contributed by atoms with E-state index in [2.05, 4.69) is 18.3 Å². The lowest BCUT2D eigenvalue weighted by Crippen LogP contribution is -2.49. The Morgan fingerprint density at radius 2 is 1.88 bits per heavy atom. The highest BCUT2D eigenvalue weighted by molar-refractivity contribution is 5.84. The minimum absolute atomic E-state index is 0.0541. The molecule has 1 N–H and O–H groups in total. The van der Waals surface area contributed by atoms with E-state index in [1.807, 2.05) is 30.3 Å². The molecule has 1 heterocycles. The summed E-state index contributed by atoms with van der Waals surface area (Å²) in [6.45, 7) is 4.36. The smallest absolute Gasteiger partial charge is 0.410 e. The number of carbonyl (C=O) groups is 2. The second-order valence-electron chi connectivity index (χ2n) is 9.24. The van der Waals surface area contributed by atoms with E-state index in [-0.39, 0.29) is 12.0 Å². The molecule has 2 unspecified atom stereocenters. The molecule has 180 valence electrons. The molecule has 8 nitrogen and oxygen atoms in total. The van der Waals surface area contributed by atoms with E-state index in [1.165, 1.54) is 6.42 Å². The first kappa shape index (κ1) is 25.0. The Morgan fingerprint density at radius 3 is 2.55 bits per heavy atom. The maximum atomic E-state index is 13.1. The van der Waals surface area contributed by atoms with Crippen molar-refractivity contribution in [2.45, 2.75) is 64.2 Å². The van der Waals surface area contributed by atoms with Gasteiger partial charge in [-0.15, -0.1) is 0 Å².